The van der Waals surface area contributed by atoms with Crippen molar-refractivity contribution in [1.29, 1.82) is 0 Å². The molecule has 1 saturated heterocycles. The molecular weight excluding hydrogens is 311 g/mol. The Balaban J connectivity index is 2.13. The molecule has 0 aromatic heterocycles. The standard InChI is InChI=1S/C14H18BrFN2O/c1-18(11-3-2-7-17-8-6-11)14(19)12-5-4-10(16)9-13(12)15/h4-5,9,11,17H,2-3,6-8H2,1H3. The van der Waals surface area contributed by atoms with Crippen molar-refractivity contribution >= 4 is 21.8 Å². The summed E-state index contributed by atoms with van der Waals surface area (Å²) < 4.78 is 13.6. The number of rotatable bonds is 2. The van der Waals surface area contributed by atoms with E-state index in [1.807, 2.05) is 7.05 Å². The minimum absolute atomic E-state index is 0.0567. The lowest BCUT2D eigenvalue weighted by Crippen LogP contribution is -2.37. The number of halogens is 2. The summed E-state index contributed by atoms with van der Waals surface area (Å²) in [4.78, 5) is 14.2. The number of carbonyl (C=O) groups is 1. The molecule has 1 unspecified atom stereocenters. The fourth-order valence-corrected chi connectivity index (χ4v) is 2.93. The van der Waals surface area contributed by atoms with Gasteiger partial charge in [-0.2, -0.15) is 0 Å². The summed E-state index contributed by atoms with van der Waals surface area (Å²) in [6.45, 7) is 1.95. The molecule has 1 aromatic rings. The molecule has 19 heavy (non-hydrogen) atoms. The van der Waals surface area contributed by atoms with Gasteiger partial charge in [-0.25, -0.2) is 4.39 Å². The van der Waals surface area contributed by atoms with E-state index in [0.717, 1.165) is 32.4 Å². The molecule has 3 nitrogen and oxygen atoms in total. The monoisotopic (exact) mass is 328 g/mol. The SMILES string of the molecule is CN(C(=O)c1ccc(F)cc1Br)C1CCCNCC1. The van der Waals surface area contributed by atoms with Gasteiger partial charge in [0.15, 0.2) is 0 Å². The molecule has 1 aromatic carbocycles. The largest absolute Gasteiger partial charge is 0.339 e. The van der Waals surface area contributed by atoms with Gasteiger partial charge in [0.1, 0.15) is 5.82 Å². The second kappa shape index (κ2) is 6.48. The van der Waals surface area contributed by atoms with E-state index in [1.165, 1.54) is 18.2 Å². The molecule has 1 aliphatic rings. The highest BCUT2D eigenvalue weighted by Crippen LogP contribution is 2.22. The maximum Gasteiger partial charge on any atom is 0.254 e. The van der Waals surface area contributed by atoms with Gasteiger partial charge in [-0.3, -0.25) is 4.79 Å². The average Bonchev–Trinajstić information content (AvgIpc) is 2.66. The van der Waals surface area contributed by atoms with Crippen LogP contribution in [0.3, 0.4) is 0 Å². The van der Waals surface area contributed by atoms with Crippen molar-refractivity contribution < 1.29 is 9.18 Å². The first kappa shape index (κ1) is 14.5. The van der Waals surface area contributed by atoms with Crippen LogP contribution in [0.15, 0.2) is 22.7 Å². The highest BCUT2D eigenvalue weighted by Gasteiger charge is 2.23. The van der Waals surface area contributed by atoms with E-state index in [-0.39, 0.29) is 17.8 Å². The molecule has 1 amide bonds. The highest BCUT2D eigenvalue weighted by atomic mass is 79.9. The zero-order chi connectivity index (χ0) is 13.8. The zero-order valence-corrected chi connectivity index (χ0v) is 12.5. The predicted molar refractivity (Wildman–Crippen MR) is 76.7 cm³/mol. The Morgan fingerprint density at radius 3 is 2.95 bits per heavy atom. The van der Waals surface area contributed by atoms with E-state index in [1.54, 1.807) is 4.90 Å². The summed E-state index contributed by atoms with van der Waals surface area (Å²) in [5, 5.41) is 3.33. The van der Waals surface area contributed by atoms with Crippen molar-refractivity contribution in [2.24, 2.45) is 0 Å². The highest BCUT2D eigenvalue weighted by molar-refractivity contribution is 9.10. The van der Waals surface area contributed by atoms with E-state index in [0.29, 0.717) is 10.0 Å². The average molecular weight is 329 g/mol. The summed E-state index contributed by atoms with van der Waals surface area (Å²) in [7, 11) is 1.83. The van der Waals surface area contributed by atoms with Crippen molar-refractivity contribution in [2.45, 2.75) is 25.3 Å². The Hall–Kier alpha value is -0.940. The lowest BCUT2D eigenvalue weighted by molar-refractivity contribution is 0.0719. The molecule has 0 spiro atoms. The summed E-state index contributed by atoms with van der Waals surface area (Å²) in [6.07, 6.45) is 3.04. The van der Waals surface area contributed by atoms with E-state index >= 15 is 0 Å². The van der Waals surface area contributed by atoms with Crippen LogP contribution in [0.2, 0.25) is 0 Å². The predicted octanol–water partition coefficient (Wildman–Crippen LogP) is 2.80. The third kappa shape index (κ3) is 3.54. The van der Waals surface area contributed by atoms with Gasteiger partial charge in [-0.1, -0.05) is 0 Å². The molecule has 2 rings (SSSR count). The number of amides is 1. The van der Waals surface area contributed by atoms with Gasteiger partial charge in [0.2, 0.25) is 0 Å². The van der Waals surface area contributed by atoms with Gasteiger partial charge in [0, 0.05) is 17.6 Å². The summed E-state index contributed by atoms with van der Waals surface area (Å²) in [5.74, 6) is -0.400. The van der Waals surface area contributed by atoms with Crippen molar-refractivity contribution in [3.63, 3.8) is 0 Å². The maximum absolute atomic E-state index is 13.1. The molecule has 5 heteroatoms. The van der Waals surface area contributed by atoms with Crippen LogP contribution in [-0.4, -0.2) is 37.0 Å². The Morgan fingerprint density at radius 2 is 2.21 bits per heavy atom. The first-order valence-electron chi connectivity index (χ1n) is 6.52. The normalized spacial score (nSPS) is 19.8. The Bertz CT molecular complexity index is 459. The Kier molecular flexibility index (Phi) is 4.93. The van der Waals surface area contributed by atoms with Crippen LogP contribution in [0, 0.1) is 5.82 Å². The molecule has 0 bridgehead atoms. The second-order valence-corrected chi connectivity index (χ2v) is 5.73. The number of nitrogens with one attached hydrogen (secondary N) is 1. The number of hydrogen-bond donors (Lipinski definition) is 1. The molecule has 1 atom stereocenters. The van der Waals surface area contributed by atoms with Crippen LogP contribution in [-0.2, 0) is 0 Å². The van der Waals surface area contributed by atoms with Gasteiger partial charge < -0.3 is 10.2 Å². The molecule has 104 valence electrons. The lowest BCUT2D eigenvalue weighted by atomic mass is 10.1. The number of carbonyl (C=O) groups excluding carboxylic acids is 1. The van der Waals surface area contributed by atoms with Crippen LogP contribution in [0.25, 0.3) is 0 Å². The first-order chi connectivity index (χ1) is 9.09. The van der Waals surface area contributed by atoms with E-state index in [4.69, 9.17) is 0 Å². The summed E-state index contributed by atoms with van der Waals surface area (Å²) in [5.41, 5.74) is 0.515. The zero-order valence-electron chi connectivity index (χ0n) is 11.0. The number of hydrogen-bond acceptors (Lipinski definition) is 2. The van der Waals surface area contributed by atoms with Gasteiger partial charge in [0.05, 0.1) is 5.56 Å². The second-order valence-electron chi connectivity index (χ2n) is 4.87. The van der Waals surface area contributed by atoms with Crippen molar-refractivity contribution in [3.05, 3.63) is 34.1 Å². The first-order valence-corrected chi connectivity index (χ1v) is 7.32. The topological polar surface area (TPSA) is 32.3 Å². The number of nitrogens with zero attached hydrogens (tertiary/aromatic N) is 1. The lowest BCUT2D eigenvalue weighted by Gasteiger charge is -2.27. The van der Waals surface area contributed by atoms with Crippen molar-refractivity contribution in [1.82, 2.24) is 10.2 Å². The third-order valence-electron chi connectivity index (χ3n) is 3.57. The summed E-state index contributed by atoms with van der Waals surface area (Å²) >= 11 is 3.26. The van der Waals surface area contributed by atoms with Gasteiger partial charge in [-0.15, -0.1) is 0 Å². The molecular formula is C14H18BrFN2O. The molecule has 1 N–H and O–H groups in total. The van der Waals surface area contributed by atoms with Crippen LogP contribution in [0.1, 0.15) is 29.6 Å². The molecule has 1 fully saturated rings. The minimum atomic E-state index is -0.343. The van der Waals surface area contributed by atoms with Crippen molar-refractivity contribution in [2.75, 3.05) is 20.1 Å². The van der Waals surface area contributed by atoms with Gasteiger partial charge in [-0.05, 0) is 66.5 Å². The smallest absolute Gasteiger partial charge is 0.254 e. The van der Waals surface area contributed by atoms with E-state index < -0.39 is 0 Å². The molecule has 1 heterocycles. The Labute approximate surface area is 121 Å². The van der Waals surface area contributed by atoms with Crippen LogP contribution < -0.4 is 5.32 Å². The van der Waals surface area contributed by atoms with Crippen LogP contribution in [0.5, 0.6) is 0 Å². The minimum Gasteiger partial charge on any atom is -0.339 e. The maximum atomic E-state index is 13.1. The number of benzene rings is 1. The molecule has 0 saturated carbocycles. The van der Waals surface area contributed by atoms with Gasteiger partial charge >= 0.3 is 0 Å². The third-order valence-corrected chi connectivity index (χ3v) is 4.23. The van der Waals surface area contributed by atoms with Crippen LogP contribution >= 0.6 is 15.9 Å². The van der Waals surface area contributed by atoms with E-state index in [2.05, 4.69) is 21.2 Å². The summed E-state index contributed by atoms with van der Waals surface area (Å²) in [6, 6.07) is 4.43. The molecule has 0 aliphatic carbocycles. The molecule has 0 radical (unpaired) electrons. The quantitative estimate of drug-likeness (QED) is 0.905. The van der Waals surface area contributed by atoms with Crippen molar-refractivity contribution in [3.8, 4) is 0 Å². The van der Waals surface area contributed by atoms with Crippen LogP contribution in [0.4, 0.5) is 4.39 Å². The van der Waals surface area contributed by atoms with Gasteiger partial charge in [0.25, 0.3) is 5.91 Å². The molecule has 1 aliphatic heterocycles. The fraction of sp³-hybridized carbons (Fsp3) is 0.500. The van der Waals surface area contributed by atoms with E-state index in [9.17, 15) is 9.18 Å². The fourth-order valence-electron chi connectivity index (χ4n) is 2.41. The Morgan fingerprint density at radius 1 is 1.42 bits per heavy atom.